The zero-order chi connectivity index (χ0) is 20.0. The number of aromatic nitrogens is 1. The lowest BCUT2D eigenvalue weighted by Gasteiger charge is -2.29. The van der Waals surface area contributed by atoms with Gasteiger partial charge in [-0.05, 0) is 24.3 Å². The predicted octanol–water partition coefficient (Wildman–Crippen LogP) is 2.84. The molecule has 0 aliphatic carbocycles. The number of rotatable bonds is 3. The molecule has 1 atom stereocenters. The molecular formula is C21H20ClN3O3S. The van der Waals surface area contributed by atoms with Gasteiger partial charge in [0.25, 0.3) is 5.91 Å². The summed E-state index contributed by atoms with van der Waals surface area (Å²) in [5.41, 5.74) is 3.59. The summed E-state index contributed by atoms with van der Waals surface area (Å²) < 4.78 is 7.18. The number of nitrogens with zero attached hydrogens (tertiary/aromatic N) is 2. The van der Waals surface area contributed by atoms with Gasteiger partial charge >= 0.3 is 0 Å². The molecule has 29 heavy (non-hydrogen) atoms. The normalized spacial score (nSPS) is 18.7. The van der Waals surface area contributed by atoms with Gasteiger partial charge in [-0.25, -0.2) is 0 Å². The van der Waals surface area contributed by atoms with Crippen LogP contribution in [0.5, 0.6) is 5.75 Å². The van der Waals surface area contributed by atoms with Crippen LogP contribution in [-0.4, -0.2) is 53.2 Å². The van der Waals surface area contributed by atoms with Crippen LogP contribution in [0.3, 0.4) is 0 Å². The van der Waals surface area contributed by atoms with Crippen LogP contribution in [0.25, 0.3) is 21.3 Å². The second-order valence-electron chi connectivity index (χ2n) is 7.27. The van der Waals surface area contributed by atoms with E-state index in [2.05, 4.69) is 10.3 Å². The highest BCUT2D eigenvalue weighted by atomic mass is 35.5. The lowest BCUT2D eigenvalue weighted by Crippen LogP contribution is -2.50. The van der Waals surface area contributed by atoms with Crippen molar-refractivity contribution in [2.75, 3.05) is 26.2 Å². The summed E-state index contributed by atoms with van der Waals surface area (Å²) in [5.74, 6) is 0.748. The number of benzene rings is 1. The quantitative estimate of drug-likeness (QED) is 0.669. The van der Waals surface area contributed by atoms with Crippen LogP contribution in [0.2, 0.25) is 5.02 Å². The number of amides is 1. The number of hydrogen-bond acceptors (Lipinski definition) is 6. The second kappa shape index (κ2) is 7.57. The first-order valence-electron chi connectivity index (χ1n) is 9.61. The first-order valence-corrected chi connectivity index (χ1v) is 10.8. The third-order valence-electron chi connectivity index (χ3n) is 5.41. The lowest BCUT2D eigenvalue weighted by atomic mass is 10.0. The number of thiophene rings is 1. The van der Waals surface area contributed by atoms with Crippen LogP contribution in [0.4, 0.5) is 0 Å². The number of halogens is 1. The summed E-state index contributed by atoms with van der Waals surface area (Å²) in [4.78, 5) is 20.1. The molecule has 0 saturated carbocycles. The monoisotopic (exact) mass is 429 g/mol. The Morgan fingerprint density at radius 2 is 2.14 bits per heavy atom. The molecule has 1 fully saturated rings. The first-order chi connectivity index (χ1) is 14.1. The molecular weight excluding hydrogens is 410 g/mol. The Hall–Kier alpha value is -2.19. The summed E-state index contributed by atoms with van der Waals surface area (Å²) in [7, 11) is 0. The minimum absolute atomic E-state index is 0.0219. The Balaban J connectivity index is 1.54. The van der Waals surface area contributed by atoms with Crippen LogP contribution in [-0.2, 0) is 17.8 Å². The zero-order valence-corrected chi connectivity index (χ0v) is 17.2. The molecule has 4 heterocycles. The van der Waals surface area contributed by atoms with Crippen molar-refractivity contribution >= 4 is 39.1 Å². The number of carbonyl (C=O) groups is 1. The number of carbonyl (C=O) groups excluding carboxylic acids is 1. The van der Waals surface area contributed by atoms with E-state index in [1.807, 2.05) is 29.2 Å². The number of aliphatic hydroxyl groups excluding tert-OH is 1. The number of pyridine rings is 1. The molecule has 1 aromatic carbocycles. The highest BCUT2D eigenvalue weighted by molar-refractivity contribution is 7.19. The van der Waals surface area contributed by atoms with Gasteiger partial charge in [0.05, 0.1) is 16.8 Å². The van der Waals surface area contributed by atoms with E-state index < -0.39 is 6.10 Å². The number of hydrogen-bond donors (Lipinski definition) is 2. The molecule has 1 saturated heterocycles. The Morgan fingerprint density at radius 3 is 2.93 bits per heavy atom. The van der Waals surface area contributed by atoms with Crippen molar-refractivity contribution in [2.45, 2.75) is 19.1 Å². The Bertz CT molecular complexity index is 1090. The van der Waals surface area contributed by atoms with Crippen molar-refractivity contribution in [1.29, 1.82) is 0 Å². The molecule has 3 aromatic rings. The smallest absolute Gasteiger partial charge is 0.264 e. The number of aliphatic hydroxyl groups is 1. The van der Waals surface area contributed by atoms with Gasteiger partial charge in [-0.2, -0.15) is 0 Å². The van der Waals surface area contributed by atoms with Gasteiger partial charge in [0, 0.05) is 65.4 Å². The van der Waals surface area contributed by atoms with Gasteiger partial charge in [-0.15, -0.1) is 11.3 Å². The molecule has 6 nitrogen and oxygen atoms in total. The van der Waals surface area contributed by atoms with Crippen molar-refractivity contribution in [1.82, 2.24) is 15.2 Å². The van der Waals surface area contributed by atoms with E-state index in [9.17, 15) is 9.90 Å². The molecule has 2 aliphatic rings. The Kier molecular flexibility index (Phi) is 4.91. The number of piperazine rings is 1. The molecule has 0 radical (unpaired) electrons. The molecule has 0 spiro atoms. The third kappa shape index (κ3) is 3.38. The van der Waals surface area contributed by atoms with Crippen LogP contribution in [0.15, 0.2) is 30.5 Å². The highest BCUT2D eigenvalue weighted by Gasteiger charge is 2.35. The third-order valence-corrected chi connectivity index (χ3v) is 6.77. The Labute approximate surface area is 177 Å². The molecule has 150 valence electrons. The van der Waals surface area contributed by atoms with Gasteiger partial charge in [0.2, 0.25) is 0 Å². The van der Waals surface area contributed by atoms with Crippen LogP contribution < -0.4 is 10.1 Å². The molecule has 1 amide bonds. The lowest BCUT2D eigenvalue weighted by molar-refractivity contribution is -0.138. The summed E-state index contributed by atoms with van der Waals surface area (Å²) in [6.45, 7) is 3.00. The van der Waals surface area contributed by atoms with E-state index in [0.29, 0.717) is 30.3 Å². The molecule has 5 rings (SSSR count). The van der Waals surface area contributed by atoms with Crippen molar-refractivity contribution in [3.8, 4) is 16.9 Å². The minimum atomic E-state index is -0.519. The Morgan fingerprint density at radius 1 is 1.31 bits per heavy atom. The summed E-state index contributed by atoms with van der Waals surface area (Å²) in [6.07, 6.45) is 1.75. The molecule has 2 N–H and O–H groups in total. The maximum atomic E-state index is 13.0. The van der Waals surface area contributed by atoms with E-state index in [-0.39, 0.29) is 12.5 Å². The SMILES string of the molecule is O=C([C@@H]1Cc2cc(Cl)cc(-c3ccnc4cc(CO)sc34)c2O1)N1CCNCC1. The summed E-state index contributed by atoms with van der Waals surface area (Å²) in [6, 6.07) is 7.59. The van der Waals surface area contributed by atoms with Gasteiger partial charge in [-0.3, -0.25) is 9.78 Å². The van der Waals surface area contributed by atoms with E-state index in [4.69, 9.17) is 16.3 Å². The van der Waals surface area contributed by atoms with E-state index >= 15 is 0 Å². The molecule has 0 bridgehead atoms. The summed E-state index contributed by atoms with van der Waals surface area (Å²) in [5, 5.41) is 13.4. The van der Waals surface area contributed by atoms with Gasteiger partial charge in [0.15, 0.2) is 6.10 Å². The van der Waals surface area contributed by atoms with Crippen molar-refractivity contribution in [2.24, 2.45) is 0 Å². The van der Waals surface area contributed by atoms with Gasteiger partial charge < -0.3 is 20.1 Å². The van der Waals surface area contributed by atoms with E-state index in [1.165, 1.54) is 11.3 Å². The van der Waals surface area contributed by atoms with E-state index in [0.717, 1.165) is 44.9 Å². The number of ether oxygens (including phenoxy) is 1. The van der Waals surface area contributed by atoms with Crippen LogP contribution in [0, 0.1) is 0 Å². The average Bonchev–Trinajstić information content (AvgIpc) is 3.36. The second-order valence-corrected chi connectivity index (χ2v) is 8.84. The first kappa shape index (κ1) is 18.8. The minimum Gasteiger partial charge on any atom is -0.479 e. The maximum absolute atomic E-state index is 13.0. The molecule has 8 heteroatoms. The summed E-state index contributed by atoms with van der Waals surface area (Å²) >= 11 is 7.93. The largest absolute Gasteiger partial charge is 0.479 e. The zero-order valence-electron chi connectivity index (χ0n) is 15.7. The topological polar surface area (TPSA) is 74.7 Å². The molecule has 2 aliphatic heterocycles. The number of nitrogens with one attached hydrogen (secondary N) is 1. The van der Waals surface area contributed by atoms with Crippen molar-refractivity contribution in [3.05, 3.63) is 45.9 Å². The maximum Gasteiger partial charge on any atom is 0.264 e. The van der Waals surface area contributed by atoms with Crippen LogP contribution in [0.1, 0.15) is 10.4 Å². The average molecular weight is 430 g/mol. The van der Waals surface area contributed by atoms with Gasteiger partial charge in [0.1, 0.15) is 5.75 Å². The highest BCUT2D eigenvalue weighted by Crippen LogP contribution is 2.44. The molecule has 0 unspecified atom stereocenters. The number of fused-ring (bicyclic) bond motifs is 2. The van der Waals surface area contributed by atoms with Crippen molar-refractivity contribution < 1.29 is 14.6 Å². The standard InChI is InChI=1S/C21H20ClN3O3S/c22-13-7-12-8-18(21(27)25-5-3-23-4-6-25)28-19(12)16(9-13)15-1-2-24-17-10-14(11-26)29-20(15)17/h1-2,7,9-10,18,23,26H,3-6,8,11H2/t18-/m0/s1. The van der Waals surface area contributed by atoms with E-state index in [1.54, 1.807) is 6.20 Å². The molecule has 2 aromatic heterocycles. The fraction of sp³-hybridized carbons (Fsp3) is 0.333. The van der Waals surface area contributed by atoms with Crippen LogP contribution >= 0.6 is 22.9 Å². The fourth-order valence-corrected chi connectivity index (χ4v) is 5.27. The fourth-order valence-electron chi connectivity index (χ4n) is 4.03. The van der Waals surface area contributed by atoms with Crippen molar-refractivity contribution in [3.63, 3.8) is 0 Å². The predicted molar refractivity (Wildman–Crippen MR) is 114 cm³/mol. The van der Waals surface area contributed by atoms with Gasteiger partial charge in [-0.1, -0.05) is 11.6 Å².